The summed E-state index contributed by atoms with van der Waals surface area (Å²) in [5.41, 5.74) is 1.57. The number of halogens is 3. The third-order valence-electron chi connectivity index (χ3n) is 1.93. The first-order chi connectivity index (χ1) is 7.58. The summed E-state index contributed by atoms with van der Waals surface area (Å²) in [6, 6.07) is 3.74. The van der Waals surface area contributed by atoms with Gasteiger partial charge in [-0.15, -0.1) is 0 Å². The van der Waals surface area contributed by atoms with Crippen molar-refractivity contribution in [1.82, 2.24) is 15.0 Å². The summed E-state index contributed by atoms with van der Waals surface area (Å²) in [6.07, 6.45) is 1.71. The lowest BCUT2D eigenvalue weighted by Crippen LogP contribution is -1.97. The molecule has 16 heavy (non-hydrogen) atoms. The van der Waals surface area contributed by atoms with Crippen LogP contribution in [-0.4, -0.2) is 15.0 Å². The van der Waals surface area contributed by atoms with Crippen LogP contribution in [0.5, 0.6) is 0 Å². The zero-order chi connectivity index (χ0) is 11.7. The van der Waals surface area contributed by atoms with Crippen molar-refractivity contribution in [2.75, 3.05) is 0 Å². The highest BCUT2D eigenvalue weighted by atomic mass is 127. The molecule has 6 heteroatoms. The monoisotopic (exact) mass is 409 g/mol. The van der Waals surface area contributed by atoms with Crippen LogP contribution in [0.2, 0.25) is 5.15 Å². The summed E-state index contributed by atoms with van der Waals surface area (Å²) in [5, 5.41) is 0.466. The maximum atomic E-state index is 6.00. The van der Waals surface area contributed by atoms with Crippen LogP contribution in [0, 0.1) is 10.5 Å². The lowest BCUT2D eigenvalue weighted by molar-refractivity contribution is 1.07. The number of hydrogen-bond acceptors (Lipinski definition) is 3. The molecule has 0 fully saturated rings. The van der Waals surface area contributed by atoms with E-state index in [1.54, 1.807) is 6.20 Å². The van der Waals surface area contributed by atoms with Crippen molar-refractivity contribution in [3.05, 3.63) is 37.2 Å². The van der Waals surface area contributed by atoms with Gasteiger partial charge in [-0.25, -0.2) is 9.97 Å². The van der Waals surface area contributed by atoms with E-state index in [9.17, 15) is 0 Å². The smallest absolute Gasteiger partial charge is 0.179 e. The summed E-state index contributed by atoms with van der Waals surface area (Å²) in [7, 11) is 0. The minimum absolute atomic E-state index is 0.466. The standard InChI is InChI=1S/C10H6BrClIN3/c1-5-8(13)9(12)16-10(15-5)7-3-2-6(11)4-14-7/h2-4H,1H3. The Labute approximate surface area is 120 Å². The minimum atomic E-state index is 0.466. The zero-order valence-electron chi connectivity index (χ0n) is 8.21. The number of pyridine rings is 1. The van der Waals surface area contributed by atoms with Gasteiger partial charge in [-0.1, -0.05) is 11.6 Å². The first kappa shape index (κ1) is 12.2. The van der Waals surface area contributed by atoms with Crippen molar-refractivity contribution in [2.45, 2.75) is 6.92 Å². The van der Waals surface area contributed by atoms with Gasteiger partial charge in [-0.3, -0.25) is 4.98 Å². The van der Waals surface area contributed by atoms with Gasteiger partial charge in [0, 0.05) is 10.7 Å². The van der Waals surface area contributed by atoms with E-state index in [2.05, 4.69) is 53.5 Å². The molecule has 0 aliphatic carbocycles. The van der Waals surface area contributed by atoms with Crippen molar-refractivity contribution in [3.8, 4) is 11.5 Å². The third-order valence-corrected chi connectivity index (χ3v) is 4.29. The Bertz CT molecular complexity index is 507. The third kappa shape index (κ3) is 2.52. The predicted octanol–water partition coefficient (Wildman–Crippen LogP) is 3.87. The normalized spacial score (nSPS) is 10.5. The molecule has 0 amide bonds. The number of nitrogens with zero attached hydrogens (tertiary/aromatic N) is 3. The second kappa shape index (κ2) is 4.93. The van der Waals surface area contributed by atoms with Gasteiger partial charge < -0.3 is 0 Å². The summed E-state index contributed by atoms with van der Waals surface area (Å²) >= 11 is 11.5. The van der Waals surface area contributed by atoms with Crippen LogP contribution in [0.25, 0.3) is 11.5 Å². The van der Waals surface area contributed by atoms with Crippen molar-refractivity contribution in [3.63, 3.8) is 0 Å². The molecule has 0 radical (unpaired) electrons. The van der Waals surface area contributed by atoms with E-state index in [0.717, 1.165) is 13.7 Å². The Morgan fingerprint density at radius 2 is 2.06 bits per heavy atom. The minimum Gasteiger partial charge on any atom is -0.252 e. The van der Waals surface area contributed by atoms with Gasteiger partial charge in [-0.2, -0.15) is 0 Å². The summed E-state index contributed by atoms with van der Waals surface area (Å²) < 4.78 is 1.80. The average molecular weight is 410 g/mol. The first-order valence-corrected chi connectivity index (χ1v) is 6.64. The fourth-order valence-corrected chi connectivity index (χ4v) is 1.84. The van der Waals surface area contributed by atoms with E-state index >= 15 is 0 Å². The Kier molecular flexibility index (Phi) is 3.76. The average Bonchev–Trinajstić information content (AvgIpc) is 2.26. The number of hydrogen-bond donors (Lipinski definition) is 0. The van der Waals surface area contributed by atoms with Crippen LogP contribution in [0.1, 0.15) is 5.69 Å². The van der Waals surface area contributed by atoms with Crippen LogP contribution in [-0.2, 0) is 0 Å². The molecule has 2 aromatic rings. The number of aryl methyl sites for hydroxylation is 1. The van der Waals surface area contributed by atoms with Crippen LogP contribution in [0.3, 0.4) is 0 Å². The van der Waals surface area contributed by atoms with Gasteiger partial charge in [0.15, 0.2) is 5.82 Å². The summed E-state index contributed by atoms with van der Waals surface area (Å²) in [4.78, 5) is 12.8. The molecule has 0 unspecified atom stereocenters. The fraction of sp³-hybridized carbons (Fsp3) is 0.100. The highest BCUT2D eigenvalue weighted by Gasteiger charge is 2.09. The van der Waals surface area contributed by atoms with E-state index in [1.165, 1.54) is 0 Å². The van der Waals surface area contributed by atoms with Gasteiger partial charge in [0.1, 0.15) is 10.8 Å². The summed E-state index contributed by atoms with van der Waals surface area (Å²) in [5.74, 6) is 0.551. The Hall–Kier alpha value is -0.270. The molecule has 2 heterocycles. The quantitative estimate of drug-likeness (QED) is 0.529. The molecule has 0 saturated heterocycles. The molecule has 2 rings (SSSR count). The highest BCUT2D eigenvalue weighted by Crippen LogP contribution is 2.22. The lowest BCUT2D eigenvalue weighted by atomic mass is 10.3. The van der Waals surface area contributed by atoms with E-state index in [0.29, 0.717) is 16.7 Å². The second-order valence-electron chi connectivity index (χ2n) is 3.10. The molecule has 0 N–H and O–H groups in total. The number of aromatic nitrogens is 3. The van der Waals surface area contributed by atoms with Gasteiger partial charge >= 0.3 is 0 Å². The van der Waals surface area contributed by atoms with Crippen LogP contribution >= 0.6 is 50.1 Å². The SMILES string of the molecule is Cc1nc(-c2ccc(Br)cn2)nc(Cl)c1I. The zero-order valence-corrected chi connectivity index (χ0v) is 12.7. The number of rotatable bonds is 1. The molecule has 0 spiro atoms. The van der Waals surface area contributed by atoms with Crippen molar-refractivity contribution < 1.29 is 0 Å². The largest absolute Gasteiger partial charge is 0.252 e. The Morgan fingerprint density at radius 3 is 2.62 bits per heavy atom. The molecule has 82 valence electrons. The van der Waals surface area contributed by atoms with E-state index < -0.39 is 0 Å². The van der Waals surface area contributed by atoms with E-state index in [4.69, 9.17) is 11.6 Å². The lowest BCUT2D eigenvalue weighted by Gasteiger charge is -2.04. The summed E-state index contributed by atoms with van der Waals surface area (Å²) in [6.45, 7) is 1.90. The van der Waals surface area contributed by atoms with Crippen molar-refractivity contribution >= 4 is 50.1 Å². The molecule has 3 nitrogen and oxygen atoms in total. The van der Waals surface area contributed by atoms with Crippen LogP contribution in [0.4, 0.5) is 0 Å². The molecule has 0 saturated carbocycles. The molecular weight excluding hydrogens is 404 g/mol. The Morgan fingerprint density at radius 1 is 1.31 bits per heavy atom. The van der Waals surface area contributed by atoms with Crippen LogP contribution < -0.4 is 0 Å². The molecular formula is C10H6BrClIN3. The molecule has 0 atom stereocenters. The molecule has 0 aliphatic heterocycles. The van der Waals surface area contributed by atoms with Crippen LogP contribution in [0.15, 0.2) is 22.8 Å². The first-order valence-electron chi connectivity index (χ1n) is 4.39. The van der Waals surface area contributed by atoms with Crippen molar-refractivity contribution in [1.29, 1.82) is 0 Å². The van der Waals surface area contributed by atoms with Gasteiger partial charge in [0.25, 0.3) is 0 Å². The maximum Gasteiger partial charge on any atom is 0.179 e. The van der Waals surface area contributed by atoms with Gasteiger partial charge in [0.2, 0.25) is 0 Å². The highest BCUT2D eigenvalue weighted by molar-refractivity contribution is 14.1. The maximum absolute atomic E-state index is 6.00. The molecule has 2 aromatic heterocycles. The molecule has 0 bridgehead atoms. The fourth-order valence-electron chi connectivity index (χ4n) is 1.15. The Balaban J connectivity index is 2.52. The van der Waals surface area contributed by atoms with E-state index in [-0.39, 0.29) is 0 Å². The molecule has 0 aliphatic rings. The van der Waals surface area contributed by atoms with Gasteiger partial charge in [-0.05, 0) is 57.6 Å². The second-order valence-corrected chi connectivity index (χ2v) is 5.45. The topological polar surface area (TPSA) is 38.7 Å². The molecule has 0 aromatic carbocycles. The van der Waals surface area contributed by atoms with Gasteiger partial charge in [0.05, 0.1) is 9.26 Å². The van der Waals surface area contributed by atoms with E-state index in [1.807, 2.05) is 19.1 Å². The predicted molar refractivity (Wildman–Crippen MR) is 75.4 cm³/mol. The van der Waals surface area contributed by atoms with Crippen molar-refractivity contribution in [2.24, 2.45) is 0 Å².